The first-order valence-electron chi connectivity index (χ1n) is 6.05. The van der Waals surface area contributed by atoms with E-state index in [0.717, 1.165) is 17.7 Å². The highest BCUT2D eigenvalue weighted by Crippen LogP contribution is 2.19. The smallest absolute Gasteiger partial charge is 0.228 e. The molecule has 0 fully saturated rings. The van der Waals surface area contributed by atoms with Crippen molar-refractivity contribution in [1.82, 2.24) is 0 Å². The number of amides is 1. The van der Waals surface area contributed by atoms with Crippen molar-refractivity contribution < 1.29 is 13.6 Å². The standard InChI is InChI=1S/C15H14F2N2O/c1-9-2-5-14(13(18)6-9)19-15(20)8-10-3-4-11(16)12(17)7-10/h2-7H,8,18H2,1H3,(H,19,20). The molecule has 0 atom stereocenters. The van der Waals surface area contributed by atoms with E-state index < -0.39 is 11.6 Å². The van der Waals surface area contributed by atoms with Crippen molar-refractivity contribution in [2.24, 2.45) is 0 Å². The Morgan fingerprint density at radius 1 is 1.15 bits per heavy atom. The van der Waals surface area contributed by atoms with Gasteiger partial charge >= 0.3 is 0 Å². The van der Waals surface area contributed by atoms with Crippen LogP contribution in [-0.2, 0) is 11.2 Å². The molecule has 104 valence electrons. The van der Waals surface area contributed by atoms with Gasteiger partial charge in [-0.2, -0.15) is 0 Å². The van der Waals surface area contributed by atoms with Crippen LogP contribution in [0.3, 0.4) is 0 Å². The molecule has 0 aliphatic rings. The molecule has 5 heteroatoms. The molecule has 0 aliphatic heterocycles. The fourth-order valence-corrected chi connectivity index (χ4v) is 1.83. The van der Waals surface area contributed by atoms with E-state index in [0.29, 0.717) is 16.9 Å². The molecule has 0 unspecified atom stereocenters. The maximum atomic E-state index is 13.0. The van der Waals surface area contributed by atoms with E-state index in [4.69, 9.17) is 5.73 Å². The van der Waals surface area contributed by atoms with Gasteiger partial charge in [-0.25, -0.2) is 8.78 Å². The number of aryl methyl sites for hydroxylation is 1. The van der Waals surface area contributed by atoms with Gasteiger partial charge in [0.2, 0.25) is 5.91 Å². The summed E-state index contributed by atoms with van der Waals surface area (Å²) in [4.78, 5) is 11.8. The van der Waals surface area contributed by atoms with Crippen molar-refractivity contribution in [3.05, 3.63) is 59.2 Å². The minimum absolute atomic E-state index is 0.0511. The Hall–Kier alpha value is -2.43. The minimum atomic E-state index is -0.967. The number of hydrogen-bond donors (Lipinski definition) is 2. The third kappa shape index (κ3) is 3.32. The fraction of sp³-hybridized carbons (Fsp3) is 0.133. The van der Waals surface area contributed by atoms with E-state index in [1.807, 2.05) is 13.0 Å². The Kier molecular flexibility index (Phi) is 3.98. The molecule has 2 aromatic carbocycles. The monoisotopic (exact) mass is 276 g/mol. The number of rotatable bonds is 3. The quantitative estimate of drug-likeness (QED) is 0.847. The van der Waals surface area contributed by atoms with Gasteiger partial charge in [-0.15, -0.1) is 0 Å². The molecule has 3 nitrogen and oxygen atoms in total. The lowest BCUT2D eigenvalue weighted by molar-refractivity contribution is -0.115. The molecule has 0 radical (unpaired) electrons. The van der Waals surface area contributed by atoms with Crippen LogP contribution in [0.15, 0.2) is 36.4 Å². The van der Waals surface area contributed by atoms with E-state index in [-0.39, 0.29) is 12.3 Å². The summed E-state index contributed by atoms with van der Waals surface area (Å²) in [5.74, 6) is -2.24. The topological polar surface area (TPSA) is 55.1 Å². The second-order valence-corrected chi connectivity index (χ2v) is 4.56. The summed E-state index contributed by atoms with van der Waals surface area (Å²) in [6, 6.07) is 8.65. The van der Waals surface area contributed by atoms with Crippen LogP contribution in [0.1, 0.15) is 11.1 Å². The van der Waals surface area contributed by atoms with Crippen LogP contribution in [0.4, 0.5) is 20.2 Å². The summed E-state index contributed by atoms with van der Waals surface area (Å²) in [7, 11) is 0. The van der Waals surface area contributed by atoms with Crippen LogP contribution in [0, 0.1) is 18.6 Å². The molecule has 0 aromatic heterocycles. The van der Waals surface area contributed by atoms with Crippen molar-refractivity contribution in [2.75, 3.05) is 11.1 Å². The van der Waals surface area contributed by atoms with Crippen LogP contribution in [0.5, 0.6) is 0 Å². The fourth-order valence-electron chi connectivity index (χ4n) is 1.83. The maximum absolute atomic E-state index is 13.0. The Bertz CT molecular complexity index is 656. The second-order valence-electron chi connectivity index (χ2n) is 4.56. The summed E-state index contributed by atoms with van der Waals surface area (Å²) in [5, 5.41) is 2.64. The largest absolute Gasteiger partial charge is 0.397 e. The van der Waals surface area contributed by atoms with Gasteiger partial charge in [-0.05, 0) is 42.3 Å². The van der Waals surface area contributed by atoms with Gasteiger partial charge in [0.05, 0.1) is 17.8 Å². The zero-order valence-electron chi connectivity index (χ0n) is 10.9. The third-order valence-electron chi connectivity index (χ3n) is 2.83. The molecule has 2 rings (SSSR count). The summed E-state index contributed by atoms with van der Waals surface area (Å²) >= 11 is 0. The lowest BCUT2D eigenvalue weighted by atomic mass is 10.1. The molecular formula is C15H14F2N2O. The van der Waals surface area contributed by atoms with Crippen LogP contribution < -0.4 is 11.1 Å². The summed E-state index contributed by atoms with van der Waals surface area (Å²) < 4.78 is 25.8. The van der Waals surface area contributed by atoms with Crippen molar-refractivity contribution in [1.29, 1.82) is 0 Å². The van der Waals surface area contributed by atoms with E-state index in [9.17, 15) is 13.6 Å². The number of hydrogen-bond acceptors (Lipinski definition) is 2. The molecule has 0 aliphatic carbocycles. The number of benzene rings is 2. The van der Waals surface area contributed by atoms with Crippen molar-refractivity contribution in [2.45, 2.75) is 13.3 Å². The average molecular weight is 276 g/mol. The molecule has 2 aromatic rings. The highest BCUT2D eigenvalue weighted by molar-refractivity contribution is 5.95. The SMILES string of the molecule is Cc1ccc(NC(=O)Cc2ccc(F)c(F)c2)c(N)c1. The van der Waals surface area contributed by atoms with E-state index in [1.165, 1.54) is 6.07 Å². The molecule has 1 amide bonds. The van der Waals surface area contributed by atoms with Gasteiger partial charge in [0, 0.05) is 0 Å². The molecular weight excluding hydrogens is 262 g/mol. The molecule has 3 N–H and O–H groups in total. The molecule has 0 saturated heterocycles. The predicted molar refractivity (Wildman–Crippen MR) is 74.3 cm³/mol. The van der Waals surface area contributed by atoms with E-state index in [2.05, 4.69) is 5.32 Å². The molecule has 0 heterocycles. The number of carbonyl (C=O) groups is 1. The Morgan fingerprint density at radius 3 is 2.55 bits per heavy atom. The summed E-state index contributed by atoms with van der Waals surface area (Å²) in [5.41, 5.74) is 8.13. The number of nitrogens with one attached hydrogen (secondary N) is 1. The summed E-state index contributed by atoms with van der Waals surface area (Å²) in [6.45, 7) is 1.89. The Labute approximate surface area is 115 Å². The maximum Gasteiger partial charge on any atom is 0.228 e. The van der Waals surface area contributed by atoms with Crippen molar-refractivity contribution in [3.63, 3.8) is 0 Å². The molecule has 20 heavy (non-hydrogen) atoms. The summed E-state index contributed by atoms with van der Waals surface area (Å²) in [6.07, 6.45) is -0.0511. The number of carbonyl (C=O) groups excluding carboxylic acids is 1. The van der Waals surface area contributed by atoms with Gasteiger partial charge in [-0.1, -0.05) is 12.1 Å². The number of anilines is 2. The van der Waals surface area contributed by atoms with Crippen LogP contribution >= 0.6 is 0 Å². The highest BCUT2D eigenvalue weighted by Gasteiger charge is 2.09. The van der Waals surface area contributed by atoms with Gasteiger partial charge in [0.1, 0.15) is 0 Å². The average Bonchev–Trinajstić information content (AvgIpc) is 2.37. The first-order chi connectivity index (χ1) is 9.45. The number of halogens is 2. The lowest BCUT2D eigenvalue weighted by Gasteiger charge is -2.09. The zero-order chi connectivity index (χ0) is 14.7. The van der Waals surface area contributed by atoms with Crippen LogP contribution in [0.2, 0.25) is 0 Å². The zero-order valence-corrected chi connectivity index (χ0v) is 10.9. The number of nitrogens with two attached hydrogens (primary N) is 1. The number of nitrogen functional groups attached to an aromatic ring is 1. The van der Waals surface area contributed by atoms with E-state index in [1.54, 1.807) is 12.1 Å². The van der Waals surface area contributed by atoms with Crippen molar-refractivity contribution >= 4 is 17.3 Å². The molecule has 0 spiro atoms. The van der Waals surface area contributed by atoms with E-state index >= 15 is 0 Å². The first-order valence-corrected chi connectivity index (χ1v) is 6.05. The minimum Gasteiger partial charge on any atom is -0.397 e. The molecule has 0 saturated carbocycles. The molecule has 0 bridgehead atoms. The lowest BCUT2D eigenvalue weighted by Crippen LogP contribution is -2.15. The van der Waals surface area contributed by atoms with Gasteiger partial charge in [-0.3, -0.25) is 4.79 Å². The second kappa shape index (κ2) is 5.69. The van der Waals surface area contributed by atoms with Gasteiger partial charge < -0.3 is 11.1 Å². The predicted octanol–water partition coefficient (Wildman–Crippen LogP) is 3.04. The van der Waals surface area contributed by atoms with Crippen LogP contribution in [0.25, 0.3) is 0 Å². The van der Waals surface area contributed by atoms with Gasteiger partial charge in [0.15, 0.2) is 11.6 Å². The van der Waals surface area contributed by atoms with Crippen molar-refractivity contribution in [3.8, 4) is 0 Å². The normalized spacial score (nSPS) is 10.3. The highest BCUT2D eigenvalue weighted by atomic mass is 19.2. The first kappa shape index (κ1) is 14.0. The van der Waals surface area contributed by atoms with Crippen LogP contribution in [-0.4, -0.2) is 5.91 Å². The Morgan fingerprint density at radius 2 is 1.90 bits per heavy atom. The Balaban J connectivity index is 2.07. The van der Waals surface area contributed by atoms with Gasteiger partial charge in [0.25, 0.3) is 0 Å². The third-order valence-corrected chi connectivity index (χ3v) is 2.83.